The van der Waals surface area contributed by atoms with Gasteiger partial charge in [-0.3, -0.25) is 4.99 Å². The molecule has 0 radical (unpaired) electrons. The summed E-state index contributed by atoms with van der Waals surface area (Å²) in [5.74, 6) is 4.30. The first-order chi connectivity index (χ1) is 29.5. The van der Waals surface area contributed by atoms with E-state index in [0.29, 0.717) is 24.1 Å². The second kappa shape index (κ2) is 18.7. The first-order valence-corrected chi connectivity index (χ1v) is 20.8. The number of aliphatic imine (C=N–C) groups is 3. The lowest BCUT2D eigenvalue weighted by Crippen LogP contribution is -2.08. The van der Waals surface area contributed by atoms with Gasteiger partial charge in [0.05, 0.1) is 12.1 Å². The van der Waals surface area contributed by atoms with Gasteiger partial charge in [0.2, 0.25) is 0 Å². The van der Waals surface area contributed by atoms with E-state index >= 15 is 0 Å². The Labute approximate surface area is 355 Å². The molecule has 1 aromatic heterocycles. The molecule has 0 aliphatic heterocycles. The van der Waals surface area contributed by atoms with Crippen LogP contribution in [0.2, 0.25) is 0 Å². The van der Waals surface area contributed by atoms with Crippen LogP contribution < -0.4 is 0 Å². The quantitative estimate of drug-likeness (QED) is 0.0812. The summed E-state index contributed by atoms with van der Waals surface area (Å²) >= 11 is 0. The molecule has 1 atom stereocenters. The lowest BCUT2D eigenvalue weighted by molar-refractivity contribution is 0.728. The van der Waals surface area contributed by atoms with E-state index in [2.05, 4.69) is 133 Å². The fourth-order valence-electron chi connectivity index (χ4n) is 8.53. The average Bonchev–Trinajstić information content (AvgIpc) is 3.83. The molecule has 3 aliphatic carbocycles. The van der Waals surface area contributed by atoms with Crippen LogP contribution in [0.3, 0.4) is 0 Å². The molecule has 0 fully saturated rings. The van der Waals surface area contributed by atoms with Gasteiger partial charge in [0.1, 0.15) is 0 Å². The third-order valence-electron chi connectivity index (χ3n) is 11.3. The molecule has 4 heteroatoms. The zero-order valence-corrected chi connectivity index (χ0v) is 34.4. The van der Waals surface area contributed by atoms with Crippen LogP contribution >= 0.6 is 0 Å². The molecule has 0 saturated heterocycles. The normalized spacial score (nSPS) is 19.8. The highest BCUT2D eigenvalue weighted by molar-refractivity contribution is 6.12. The number of aromatic nitrogens is 1. The molecule has 60 heavy (non-hydrogen) atoms. The van der Waals surface area contributed by atoms with E-state index in [1.807, 2.05) is 66.7 Å². The molecule has 3 aliphatic rings. The molecule has 4 nitrogen and oxygen atoms in total. The molecule has 1 heterocycles. The minimum atomic E-state index is 0.395. The van der Waals surface area contributed by atoms with Crippen LogP contribution in [0.15, 0.2) is 202 Å². The van der Waals surface area contributed by atoms with Gasteiger partial charge in [-0.1, -0.05) is 170 Å². The SMILES string of the molecule is C#C/C=C(\C=C1/Cc2ccc(C/C=C\C=C3\C/C=C\C(n4c5c(c6ccccc64)C=CCC5C)=C/C(=C)C3)cc2C1)CN=C(N=C(N=C)c1ccccc1)c1ccccc1. The van der Waals surface area contributed by atoms with Crippen molar-refractivity contribution in [3.8, 4) is 12.3 Å². The van der Waals surface area contributed by atoms with Crippen molar-refractivity contribution in [3.63, 3.8) is 0 Å². The maximum atomic E-state index is 5.82. The smallest absolute Gasteiger partial charge is 0.161 e. The largest absolute Gasteiger partial charge is 0.313 e. The number of hydrogen-bond acceptors (Lipinski definition) is 1. The molecule has 1 unspecified atom stereocenters. The van der Waals surface area contributed by atoms with Gasteiger partial charge < -0.3 is 4.57 Å². The van der Waals surface area contributed by atoms with Crippen molar-refractivity contribution < 1.29 is 0 Å². The van der Waals surface area contributed by atoms with Crippen molar-refractivity contribution in [2.45, 2.75) is 51.4 Å². The zero-order valence-electron chi connectivity index (χ0n) is 34.4. The van der Waals surface area contributed by atoms with Crippen molar-refractivity contribution in [1.29, 1.82) is 0 Å². The van der Waals surface area contributed by atoms with Gasteiger partial charge in [-0.25, -0.2) is 9.98 Å². The average molecular weight is 779 g/mol. The third-order valence-corrected chi connectivity index (χ3v) is 11.3. The molecule has 5 aromatic rings. The summed E-state index contributed by atoms with van der Waals surface area (Å²) in [6, 6.07) is 35.5. The molecule has 0 spiro atoms. The summed E-state index contributed by atoms with van der Waals surface area (Å²) in [6.07, 6.45) is 33.6. The van der Waals surface area contributed by atoms with Crippen LogP contribution in [-0.2, 0) is 19.3 Å². The Kier molecular flexibility index (Phi) is 12.4. The van der Waals surface area contributed by atoms with Crippen LogP contribution in [-0.4, -0.2) is 29.5 Å². The monoisotopic (exact) mass is 778 g/mol. The van der Waals surface area contributed by atoms with Crippen molar-refractivity contribution >= 4 is 41.1 Å². The van der Waals surface area contributed by atoms with Crippen LogP contribution in [0.5, 0.6) is 0 Å². The van der Waals surface area contributed by atoms with Crippen LogP contribution in [0, 0.1) is 12.3 Å². The summed E-state index contributed by atoms with van der Waals surface area (Å²) in [5.41, 5.74) is 15.8. The summed E-state index contributed by atoms with van der Waals surface area (Å²) in [4.78, 5) is 14.1. The first kappa shape index (κ1) is 39.7. The maximum absolute atomic E-state index is 5.82. The van der Waals surface area contributed by atoms with Gasteiger partial charge in [-0.2, -0.15) is 0 Å². The highest BCUT2D eigenvalue weighted by Crippen LogP contribution is 2.40. The summed E-state index contributed by atoms with van der Waals surface area (Å²) in [6.45, 7) is 11.0. The molecular weight excluding hydrogens is 729 g/mol. The molecule has 294 valence electrons. The Balaban J connectivity index is 0.921. The van der Waals surface area contributed by atoms with Crippen LogP contribution in [0.1, 0.15) is 71.2 Å². The van der Waals surface area contributed by atoms with Gasteiger partial charge in [0.25, 0.3) is 0 Å². The minimum absolute atomic E-state index is 0.395. The van der Waals surface area contributed by atoms with Gasteiger partial charge in [0.15, 0.2) is 11.7 Å². The van der Waals surface area contributed by atoms with E-state index in [-0.39, 0.29) is 0 Å². The number of nitrogens with zero attached hydrogens (tertiary/aromatic N) is 4. The number of hydrogen-bond donors (Lipinski definition) is 0. The number of benzene rings is 4. The van der Waals surface area contributed by atoms with E-state index in [1.54, 1.807) is 0 Å². The molecule has 8 rings (SSSR count). The number of terminal acetylenes is 1. The highest BCUT2D eigenvalue weighted by atomic mass is 15.0. The predicted octanol–water partition coefficient (Wildman–Crippen LogP) is 12.8. The summed E-state index contributed by atoms with van der Waals surface area (Å²) in [5, 5.41) is 1.32. The summed E-state index contributed by atoms with van der Waals surface area (Å²) in [7, 11) is 0. The molecular formula is C56H50N4. The first-order valence-electron chi connectivity index (χ1n) is 20.8. The van der Waals surface area contributed by atoms with Crippen molar-refractivity contribution in [2.75, 3.05) is 6.54 Å². The Bertz CT molecular complexity index is 2770. The number of para-hydroxylation sites is 1. The number of amidine groups is 2. The molecule has 0 bridgehead atoms. The van der Waals surface area contributed by atoms with Gasteiger partial charge in [-0.05, 0) is 97.4 Å². The fraction of sp³-hybridized carbons (Fsp3) is 0.161. The Morgan fingerprint density at radius 3 is 2.38 bits per heavy atom. The van der Waals surface area contributed by atoms with Crippen molar-refractivity contribution in [2.24, 2.45) is 15.0 Å². The van der Waals surface area contributed by atoms with Gasteiger partial charge in [0, 0.05) is 39.4 Å². The van der Waals surface area contributed by atoms with E-state index in [4.69, 9.17) is 16.4 Å². The lowest BCUT2D eigenvalue weighted by atomic mass is 9.93. The summed E-state index contributed by atoms with van der Waals surface area (Å²) < 4.78 is 2.47. The van der Waals surface area contributed by atoms with E-state index < -0.39 is 0 Å². The Morgan fingerprint density at radius 2 is 1.60 bits per heavy atom. The maximum Gasteiger partial charge on any atom is 0.161 e. The zero-order chi connectivity index (χ0) is 41.3. The Morgan fingerprint density at radius 1 is 0.850 bits per heavy atom. The van der Waals surface area contributed by atoms with Gasteiger partial charge in [-0.15, -0.1) is 6.42 Å². The standard InChI is InChI=1S/C56H50N4/c1-5-18-44(39-58-56(47-25-10-7-11-26-47)59-55(57-4)46-23-8-6-9-24-46)35-45-37-48-32-31-43(36-49(48)38-45)21-13-12-20-42-22-17-27-50(34-40(2)33-42)60-53-30-15-14-28-51(53)52-29-16-19-41(3)54(52)60/h1,6-18,20,23-32,34-36,41H,2,4,19,21-22,33,37-39H2,3H3/b13-12-,27-17-,42-20-,44-18+,45-35+,50-34+,58-56?,59-55?. The van der Waals surface area contributed by atoms with E-state index in [0.717, 1.165) is 60.8 Å². The predicted molar refractivity (Wildman–Crippen MR) is 256 cm³/mol. The molecule has 0 amide bonds. The van der Waals surface area contributed by atoms with Crippen LogP contribution in [0.4, 0.5) is 0 Å². The Hall–Kier alpha value is -7.09. The number of fused-ring (bicyclic) bond motifs is 4. The third kappa shape index (κ3) is 9.12. The van der Waals surface area contributed by atoms with Crippen molar-refractivity contribution in [1.82, 2.24) is 4.57 Å². The fourth-order valence-corrected chi connectivity index (χ4v) is 8.53. The van der Waals surface area contributed by atoms with Crippen molar-refractivity contribution in [3.05, 3.63) is 226 Å². The van der Waals surface area contributed by atoms with Crippen LogP contribution in [0.25, 0.3) is 22.7 Å². The van der Waals surface area contributed by atoms with E-state index in [9.17, 15) is 0 Å². The van der Waals surface area contributed by atoms with E-state index in [1.165, 1.54) is 55.7 Å². The molecule has 0 saturated carbocycles. The molecule has 0 N–H and O–H groups in total. The second-order valence-corrected chi connectivity index (χ2v) is 15.8. The highest BCUT2D eigenvalue weighted by Gasteiger charge is 2.24. The lowest BCUT2D eigenvalue weighted by Gasteiger charge is -2.21. The number of rotatable bonds is 9. The van der Waals surface area contributed by atoms with Gasteiger partial charge >= 0.3 is 0 Å². The minimum Gasteiger partial charge on any atom is -0.313 e. The topological polar surface area (TPSA) is 42.0 Å². The molecule has 4 aromatic carbocycles. The second-order valence-electron chi connectivity index (χ2n) is 15.8. The number of allylic oxidation sites excluding steroid dienone is 12.